The zero-order chi connectivity index (χ0) is 13.9. The van der Waals surface area contributed by atoms with Crippen molar-refractivity contribution < 1.29 is 9.53 Å². The number of para-hydroxylation sites is 1. The number of amides is 1. The van der Waals surface area contributed by atoms with Crippen LogP contribution in [0.4, 0.5) is 5.69 Å². The lowest BCUT2D eigenvalue weighted by molar-refractivity contribution is -0.121. The van der Waals surface area contributed by atoms with Crippen LogP contribution in [0.3, 0.4) is 0 Å². The summed E-state index contributed by atoms with van der Waals surface area (Å²) < 4.78 is 5.38. The lowest BCUT2D eigenvalue weighted by atomic mass is 10.2. The molecular weight excluding hydrogens is 276 g/mol. The minimum atomic E-state index is -0.216. The van der Waals surface area contributed by atoms with Gasteiger partial charge >= 0.3 is 0 Å². The number of anilines is 1. The van der Waals surface area contributed by atoms with Crippen LogP contribution in [0.25, 0.3) is 0 Å². The van der Waals surface area contributed by atoms with Crippen molar-refractivity contribution in [1.82, 2.24) is 0 Å². The minimum Gasteiger partial charge on any atom is -0.466 e. The van der Waals surface area contributed by atoms with E-state index in [1.54, 1.807) is 12.1 Å². The predicted octanol–water partition coefficient (Wildman–Crippen LogP) is 3.07. The Morgan fingerprint density at radius 1 is 1.05 bits per heavy atom. The van der Waals surface area contributed by atoms with Crippen molar-refractivity contribution in [1.29, 1.82) is 0 Å². The van der Waals surface area contributed by atoms with Crippen molar-refractivity contribution in [2.75, 3.05) is 11.6 Å². The summed E-state index contributed by atoms with van der Waals surface area (Å²) in [4.78, 5) is 11.9. The second-order valence-electron chi connectivity index (χ2n) is 4.21. The summed E-state index contributed by atoms with van der Waals surface area (Å²) in [6.45, 7) is -0.0566. The molecule has 0 saturated carbocycles. The number of hydrogen-bond donors (Lipinski definition) is 0. The molecule has 0 saturated heterocycles. The van der Waals surface area contributed by atoms with Crippen molar-refractivity contribution in [3.05, 3.63) is 65.2 Å². The highest BCUT2D eigenvalue weighted by Crippen LogP contribution is 2.22. The van der Waals surface area contributed by atoms with Crippen LogP contribution in [0.5, 0.6) is 0 Å². The van der Waals surface area contributed by atoms with Crippen LogP contribution < -0.4 is 5.01 Å². The molecule has 100 valence electrons. The maximum absolute atomic E-state index is 11.9. The summed E-state index contributed by atoms with van der Waals surface area (Å²) in [5.41, 5.74) is 1.37. The predicted molar refractivity (Wildman–Crippen MR) is 77.9 cm³/mol. The van der Waals surface area contributed by atoms with E-state index in [9.17, 15) is 4.79 Å². The highest BCUT2D eigenvalue weighted by molar-refractivity contribution is 6.34. The standard InChI is InChI=1S/C15H11ClN2O2/c16-13-9-5-4-8-12(13)15-17-18(14(19)10-20-15)11-6-2-1-3-7-11/h1-9H,10H2. The summed E-state index contributed by atoms with van der Waals surface area (Å²) >= 11 is 6.12. The van der Waals surface area contributed by atoms with Crippen LogP contribution in [0.15, 0.2) is 59.7 Å². The third kappa shape index (κ3) is 2.38. The Balaban J connectivity index is 2.02. The SMILES string of the molecule is O=C1COC(c2ccccc2Cl)=NN1c1ccccc1. The molecule has 0 bridgehead atoms. The van der Waals surface area contributed by atoms with E-state index in [4.69, 9.17) is 16.3 Å². The maximum atomic E-state index is 11.9. The number of carbonyl (C=O) groups excluding carboxylic acids is 1. The van der Waals surface area contributed by atoms with Gasteiger partial charge in [-0.1, -0.05) is 41.9 Å². The van der Waals surface area contributed by atoms with Gasteiger partial charge in [0.15, 0.2) is 6.61 Å². The Kier molecular flexibility index (Phi) is 3.39. The minimum absolute atomic E-state index is 0.0566. The third-order valence-corrected chi connectivity index (χ3v) is 3.19. The van der Waals surface area contributed by atoms with Crippen molar-refractivity contribution in [2.45, 2.75) is 0 Å². The molecule has 0 fully saturated rings. The number of hydrogen-bond acceptors (Lipinski definition) is 3. The molecule has 1 amide bonds. The summed E-state index contributed by atoms with van der Waals surface area (Å²) in [5.74, 6) is 0.131. The van der Waals surface area contributed by atoms with E-state index in [2.05, 4.69) is 5.10 Å². The summed E-state index contributed by atoms with van der Waals surface area (Å²) in [7, 11) is 0. The Hall–Kier alpha value is -2.33. The van der Waals surface area contributed by atoms with Gasteiger partial charge in [0.2, 0.25) is 5.90 Å². The first-order valence-electron chi connectivity index (χ1n) is 6.10. The van der Waals surface area contributed by atoms with Gasteiger partial charge in [0.1, 0.15) is 0 Å². The lowest BCUT2D eigenvalue weighted by Gasteiger charge is -2.24. The lowest BCUT2D eigenvalue weighted by Crippen LogP contribution is -2.36. The molecule has 20 heavy (non-hydrogen) atoms. The summed E-state index contributed by atoms with van der Waals surface area (Å²) in [5, 5.41) is 6.13. The van der Waals surface area contributed by atoms with Gasteiger partial charge < -0.3 is 4.74 Å². The molecule has 5 heteroatoms. The average Bonchev–Trinajstić information content (AvgIpc) is 2.49. The van der Waals surface area contributed by atoms with E-state index in [0.29, 0.717) is 22.2 Å². The molecule has 0 atom stereocenters. The number of ether oxygens (including phenoxy) is 1. The second kappa shape index (κ2) is 5.35. The number of carbonyl (C=O) groups is 1. The van der Waals surface area contributed by atoms with Crippen LogP contribution >= 0.6 is 11.6 Å². The normalized spacial score (nSPS) is 14.8. The van der Waals surface area contributed by atoms with Gasteiger partial charge in [0.05, 0.1) is 16.3 Å². The fraction of sp³-hybridized carbons (Fsp3) is 0.0667. The zero-order valence-corrected chi connectivity index (χ0v) is 11.2. The maximum Gasteiger partial charge on any atom is 0.285 e. The van der Waals surface area contributed by atoms with E-state index in [1.807, 2.05) is 42.5 Å². The average molecular weight is 287 g/mol. The number of benzene rings is 2. The molecule has 1 heterocycles. The molecule has 2 aromatic carbocycles. The van der Waals surface area contributed by atoms with Crippen LogP contribution in [0.1, 0.15) is 5.56 Å². The smallest absolute Gasteiger partial charge is 0.285 e. The van der Waals surface area contributed by atoms with Crippen LogP contribution in [-0.2, 0) is 9.53 Å². The second-order valence-corrected chi connectivity index (χ2v) is 4.62. The van der Waals surface area contributed by atoms with E-state index in [-0.39, 0.29) is 12.5 Å². The highest BCUT2D eigenvalue weighted by atomic mass is 35.5. The van der Waals surface area contributed by atoms with Gasteiger partial charge in [-0.3, -0.25) is 4.79 Å². The monoisotopic (exact) mass is 286 g/mol. The highest BCUT2D eigenvalue weighted by Gasteiger charge is 2.24. The molecule has 3 rings (SSSR count). The molecule has 0 radical (unpaired) electrons. The van der Waals surface area contributed by atoms with Crippen LogP contribution in [-0.4, -0.2) is 18.4 Å². The van der Waals surface area contributed by atoms with Gasteiger partial charge in [0.25, 0.3) is 5.91 Å². The molecule has 0 spiro atoms. The van der Waals surface area contributed by atoms with Crippen molar-refractivity contribution in [3.8, 4) is 0 Å². The molecule has 0 aliphatic carbocycles. The number of hydrazone groups is 1. The Morgan fingerprint density at radius 2 is 1.75 bits per heavy atom. The van der Waals surface area contributed by atoms with Gasteiger partial charge in [-0.15, -0.1) is 5.10 Å². The Morgan fingerprint density at radius 3 is 2.50 bits per heavy atom. The largest absolute Gasteiger partial charge is 0.466 e. The number of rotatable bonds is 2. The molecule has 0 unspecified atom stereocenters. The van der Waals surface area contributed by atoms with Gasteiger partial charge in [0, 0.05) is 0 Å². The zero-order valence-electron chi connectivity index (χ0n) is 10.5. The molecule has 0 N–H and O–H groups in total. The summed E-state index contributed by atoms with van der Waals surface area (Å²) in [6, 6.07) is 16.4. The van der Waals surface area contributed by atoms with Gasteiger partial charge in [-0.2, -0.15) is 5.01 Å². The molecule has 4 nitrogen and oxygen atoms in total. The van der Waals surface area contributed by atoms with E-state index >= 15 is 0 Å². The molecule has 1 aliphatic rings. The van der Waals surface area contributed by atoms with Crippen molar-refractivity contribution in [2.24, 2.45) is 5.10 Å². The fourth-order valence-electron chi connectivity index (χ4n) is 1.90. The van der Waals surface area contributed by atoms with E-state index in [0.717, 1.165) is 0 Å². The van der Waals surface area contributed by atoms with Crippen molar-refractivity contribution >= 4 is 29.1 Å². The first kappa shape index (κ1) is 12.7. The molecule has 2 aromatic rings. The number of halogens is 1. The Labute approximate surface area is 121 Å². The summed E-state index contributed by atoms with van der Waals surface area (Å²) in [6.07, 6.45) is 0. The molecule has 0 aromatic heterocycles. The van der Waals surface area contributed by atoms with Crippen molar-refractivity contribution in [3.63, 3.8) is 0 Å². The Bertz CT molecular complexity index is 671. The van der Waals surface area contributed by atoms with E-state index < -0.39 is 0 Å². The first-order valence-corrected chi connectivity index (χ1v) is 6.48. The molecule has 1 aliphatic heterocycles. The molecular formula is C15H11ClN2O2. The van der Waals surface area contributed by atoms with E-state index in [1.165, 1.54) is 5.01 Å². The fourth-order valence-corrected chi connectivity index (χ4v) is 2.12. The quantitative estimate of drug-likeness (QED) is 0.851. The van der Waals surface area contributed by atoms with Crippen LogP contribution in [0.2, 0.25) is 5.02 Å². The van der Waals surface area contributed by atoms with Crippen LogP contribution in [0, 0.1) is 0 Å². The topological polar surface area (TPSA) is 41.9 Å². The third-order valence-electron chi connectivity index (χ3n) is 2.86. The number of nitrogens with zero attached hydrogens (tertiary/aromatic N) is 2. The van der Waals surface area contributed by atoms with Gasteiger partial charge in [-0.25, -0.2) is 0 Å². The van der Waals surface area contributed by atoms with Gasteiger partial charge in [-0.05, 0) is 24.3 Å². The first-order chi connectivity index (χ1) is 9.75.